The number of hydrogen-bond donors (Lipinski definition) is 2. The molecule has 2 aromatic heterocycles. The molecule has 2 rings (SSSR count). The molecule has 0 spiro atoms. The van der Waals surface area contributed by atoms with Crippen molar-refractivity contribution < 1.29 is 0 Å². The number of aromatic amines is 2. The second kappa shape index (κ2) is 4.58. The van der Waals surface area contributed by atoms with Gasteiger partial charge in [0.05, 0.1) is 6.07 Å². The van der Waals surface area contributed by atoms with Crippen molar-refractivity contribution in [2.45, 2.75) is 27.7 Å². The van der Waals surface area contributed by atoms with Gasteiger partial charge in [0.15, 0.2) is 0 Å². The number of nitrogens with one attached hydrogen (secondary N) is 2. The van der Waals surface area contributed by atoms with Crippen LogP contribution in [-0.2, 0) is 0 Å². The van der Waals surface area contributed by atoms with Gasteiger partial charge in [0.25, 0.3) is 0 Å². The molecule has 2 heterocycles. The van der Waals surface area contributed by atoms with Gasteiger partial charge < -0.3 is 9.97 Å². The Morgan fingerprint density at radius 3 is 1.72 bits per heavy atom. The number of hydrogen-bond acceptors (Lipinski definition) is 1. The maximum atomic E-state index is 8.96. The molecular weight excluding hydrogens is 222 g/mol. The first-order valence-electron chi connectivity index (χ1n) is 5.96. The van der Waals surface area contributed by atoms with Crippen LogP contribution in [0.5, 0.6) is 0 Å². The molecule has 2 N–H and O–H groups in total. The monoisotopic (exact) mass is 239 g/mol. The van der Waals surface area contributed by atoms with Crippen LogP contribution < -0.4 is 0 Å². The summed E-state index contributed by atoms with van der Waals surface area (Å²) in [5, 5.41) is 8.96. The van der Waals surface area contributed by atoms with E-state index >= 15 is 0 Å². The molecular formula is C15H17N3. The summed E-state index contributed by atoms with van der Waals surface area (Å²) in [4.78, 5) is 6.63. The van der Waals surface area contributed by atoms with Gasteiger partial charge in [-0.2, -0.15) is 5.26 Å². The van der Waals surface area contributed by atoms with Crippen molar-refractivity contribution >= 4 is 5.57 Å². The second-order valence-corrected chi connectivity index (χ2v) is 4.67. The first-order valence-corrected chi connectivity index (χ1v) is 5.96. The van der Waals surface area contributed by atoms with Gasteiger partial charge in [0.2, 0.25) is 0 Å². The molecule has 0 aliphatic heterocycles. The van der Waals surface area contributed by atoms with Gasteiger partial charge in [-0.3, -0.25) is 0 Å². The molecule has 0 saturated carbocycles. The molecule has 0 saturated heterocycles. The lowest BCUT2D eigenvalue weighted by Gasteiger charge is -2.01. The van der Waals surface area contributed by atoms with Crippen LogP contribution >= 0.6 is 0 Å². The minimum absolute atomic E-state index is 0.907. The molecule has 0 atom stereocenters. The van der Waals surface area contributed by atoms with Gasteiger partial charge in [-0.1, -0.05) is 0 Å². The summed E-state index contributed by atoms with van der Waals surface area (Å²) < 4.78 is 0. The highest BCUT2D eigenvalue weighted by Gasteiger charge is 2.11. The Bertz CT molecular complexity index is 561. The van der Waals surface area contributed by atoms with E-state index < -0.39 is 0 Å². The average Bonchev–Trinajstić information content (AvgIpc) is 2.81. The standard InChI is InChI=1S/C15H17N3/c1-9-7-14(17-11(9)3)13(5-6-16)15-8-10(2)12(4)18-15/h5,7-8,17-18H,1-4H3. The number of nitriles is 1. The molecule has 0 aliphatic carbocycles. The third-order valence-corrected chi connectivity index (χ3v) is 3.34. The van der Waals surface area contributed by atoms with Crippen LogP contribution in [0.2, 0.25) is 0 Å². The summed E-state index contributed by atoms with van der Waals surface area (Å²) in [7, 11) is 0. The number of rotatable bonds is 2. The highest BCUT2D eigenvalue weighted by atomic mass is 14.8. The Morgan fingerprint density at radius 2 is 1.44 bits per heavy atom. The molecule has 0 amide bonds. The molecule has 0 fully saturated rings. The minimum atomic E-state index is 0.907. The van der Waals surface area contributed by atoms with Crippen molar-refractivity contribution in [2.24, 2.45) is 0 Å². The summed E-state index contributed by atoms with van der Waals surface area (Å²) in [6, 6.07) is 6.27. The van der Waals surface area contributed by atoms with E-state index in [4.69, 9.17) is 5.26 Å². The zero-order chi connectivity index (χ0) is 13.3. The zero-order valence-corrected chi connectivity index (χ0v) is 11.2. The van der Waals surface area contributed by atoms with Crippen molar-refractivity contribution in [3.63, 3.8) is 0 Å². The first kappa shape index (κ1) is 12.3. The van der Waals surface area contributed by atoms with E-state index in [9.17, 15) is 0 Å². The summed E-state index contributed by atoms with van der Waals surface area (Å²) >= 11 is 0. The Hall–Kier alpha value is -2.21. The van der Waals surface area contributed by atoms with Gasteiger partial charge in [-0.25, -0.2) is 0 Å². The van der Waals surface area contributed by atoms with Crippen LogP contribution in [-0.4, -0.2) is 9.97 Å². The third kappa shape index (κ3) is 2.10. The van der Waals surface area contributed by atoms with Crippen molar-refractivity contribution in [3.05, 3.63) is 52.1 Å². The molecule has 92 valence electrons. The van der Waals surface area contributed by atoms with Crippen molar-refractivity contribution in [1.82, 2.24) is 9.97 Å². The summed E-state index contributed by atoms with van der Waals surface area (Å²) in [6.45, 7) is 8.19. The molecule has 0 aliphatic rings. The summed E-state index contributed by atoms with van der Waals surface area (Å²) in [5.74, 6) is 0. The van der Waals surface area contributed by atoms with Gasteiger partial charge in [-0.05, 0) is 51.0 Å². The van der Waals surface area contributed by atoms with Crippen molar-refractivity contribution in [1.29, 1.82) is 5.26 Å². The van der Waals surface area contributed by atoms with Crippen molar-refractivity contribution in [2.75, 3.05) is 0 Å². The van der Waals surface area contributed by atoms with E-state index in [-0.39, 0.29) is 0 Å². The number of aryl methyl sites for hydroxylation is 4. The van der Waals surface area contributed by atoms with Crippen LogP contribution in [0.25, 0.3) is 5.57 Å². The average molecular weight is 239 g/mol. The van der Waals surface area contributed by atoms with Crippen LogP contribution in [0, 0.1) is 39.0 Å². The van der Waals surface area contributed by atoms with Crippen LogP contribution in [0.15, 0.2) is 18.2 Å². The number of nitrogens with zero attached hydrogens (tertiary/aromatic N) is 1. The predicted octanol–water partition coefficient (Wildman–Crippen LogP) is 3.53. The molecule has 3 heteroatoms. The molecule has 0 radical (unpaired) electrons. The molecule has 3 nitrogen and oxygen atoms in total. The molecule has 0 bridgehead atoms. The Kier molecular flexibility index (Phi) is 3.12. The number of H-pyrrole nitrogens is 2. The van der Waals surface area contributed by atoms with E-state index in [2.05, 4.69) is 42.0 Å². The van der Waals surface area contributed by atoms with E-state index in [0.717, 1.165) is 28.3 Å². The Labute approximate surface area is 107 Å². The number of allylic oxidation sites excluding steroid dienone is 1. The van der Waals surface area contributed by atoms with Crippen LogP contribution in [0.1, 0.15) is 33.9 Å². The van der Waals surface area contributed by atoms with E-state index in [1.807, 2.05) is 13.8 Å². The Balaban J connectivity index is 2.54. The number of aromatic nitrogens is 2. The third-order valence-electron chi connectivity index (χ3n) is 3.34. The maximum Gasteiger partial charge on any atom is 0.0919 e. The first-order chi connectivity index (χ1) is 8.52. The fourth-order valence-corrected chi connectivity index (χ4v) is 1.98. The van der Waals surface area contributed by atoms with E-state index in [1.165, 1.54) is 11.1 Å². The highest BCUT2D eigenvalue weighted by molar-refractivity contribution is 5.79. The van der Waals surface area contributed by atoms with Gasteiger partial charge >= 0.3 is 0 Å². The summed E-state index contributed by atoms with van der Waals surface area (Å²) in [5.41, 5.74) is 7.54. The van der Waals surface area contributed by atoms with E-state index in [0.29, 0.717) is 0 Å². The molecule has 0 unspecified atom stereocenters. The lowest BCUT2D eigenvalue weighted by atomic mass is 10.1. The molecule has 0 aromatic carbocycles. The minimum Gasteiger partial charge on any atom is -0.358 e. The second-order valence-electron chi connectivity index (χ2n) is 4.67. The quantitative estimate of drug-likeness (QED) is 0.774. The fraction of sp³-hybridized carbons (Fsp3) is 0.267. The lowest BCUT2D eigenvalue weighted by Crippen LogP contribution is -1.89. The topological polar surface area (TPSA) is 55.4 Å². The van der Waals surface area contributed by atoms with Gasteiger partial charge in [0.1, 0.15) is 0 Å². The predicted molar refractivity (Wildman–Crippen MR) is 73.2 cm³/mol. The largest absolute Gasteiger partial charge is 0.358 e. The Morgan fingerprint density at radius 1 is 1.00 bits per heavy atom. The smallest absolute Gasteiger partial charge is 0.0919 e. The normalized spacial score (nSPS) is 10.2. The highest BCUT2D eigenvalue weighted by Crippen LogP contribution is 2.25. The van der Waals surface area contributed by atoms with Crippen LogP contribution in [0.4, 0.5) is 0 Å². The molecule has 2 aromatic rings. The molecule has 18 heavy (non-hydrogen) atoms. The fourth-order valence-electron chi connectivity index (χ4n) is 1.98. The maximum absolute atomic E-state index is 8.96. The SMILES string of the molecule is Cc1cc(C(=CC#N)c2cc(C)c(C)[nH]2)[nH]c1C. The van der Waals surface area contributed by atoms with Crippen LogP contribution in [0.3, 0.4) is 0 Å². The van der Waals surface area contributed by atoms with Gasteiger partial charge in [0, 0.05) is 34.4 Å². The van der Waals surface area contributed by atoms with Crippen molar-refractivity contribution in [3.8, 4) is 6.07 Å². The lowest BCUT2D eigenvalue weighted by molar-refractivity contribution is 1.19. The zero-order valence-electron chi connectivity index (χ0n) is 11.2. The summed E-state index contributed by atoms with van der Waals surface area (Å²) in [6.07, 6.45) is 1.58. The van der Waals surface area contributed by atoms with Gasteiger partial charge in [-0.15, -0.1) is 0 Å². The van der Waals surface area contributed by atoms with E-state index in [1.54, 1.807) is 6.08 Å².